The van der Waals surface area contributed by atoms with Crippen molar-refractivity contribution in [1.29, 1.82) is 0 Å². The fourth-order valence-corrected chi connectivity index (χ4v) is 3.32. The highest BCUT2D eigenvalue weighted by molar-refractivity contribution is 5.43. The minimum Gasteiger partial charge on any atom is -0.373 e. The van der Waals surface area contributed by atoms with Gasteiger partial charge in [0.15, 0.2) is 0 Å². The van der Waals surface area contributed by atoms with Gasteiger partial charge in [0, 0.05) is 36.7 Å². The Morgan fingerprint density at radius 1 is 1.12 bits per heavy atom. The lowest BCUT2D eigenvalue weighted by Crippen LogP contribution is -2.44. The van der Waals surface area contributed by atoms with Crippen molar-refractivity contribution in [2.75, 3.05) is 24.6 Å². The van der Waals surface area contributed by atoms with Gasteiger partial charge in [-0.25, -0.2) is 15.0 Å². The zero-order valence-corrected chi connectivity index (χ0v) is 13.7. The molecule has 7 nitrogen and oxygen atoms in total. The summed E-state index contributed by atoms with van der Waals surface area (Å²) in [7, 11) is 0. The molecule has 0 spiro atoms. The summed E-state index contributed by atoms with van der Waals surface area (Å²) in [6.07, 6.45) is 8.45. The predicted octanol–water partition coefficient (Wildman–Crippen LogP) is 1.73. The van der Waals surface area contributed by atoms with Crippen molar-refractivity contribution in [3.63, 3.8) is 0 Å². The number of rotatable bonds is 5. The summed E-state index contributed by atoms with van der Waals surface area (Å²) in [6.45, 7) is 3.18. The molecule has 1 unspecified atom stereocenters. The van der Waals surface area contributed by atoms with E-state index in [-0.39, 0.29) is 6.10 Å². The molecule has 0 N–H and O–H groups in total. The minimum absolute atomic E-state index is 0.115. The van der Waals surface area contributed by atoms with E-state index < -0.39 is 0 Å². The van der Waals surface area contributed by atoms with Crippen LogP contribution in [0.15, 0.2) is 18.7 Å². The van der Waals surface area contributed by atoms with Crippen LogP contribution in [0.4, 0.5) is 5.82 Å². The van der Waals surface area contributed by atoms with Crippen molar-refractivity contribution >= 4 is 5.82 Å². The van der Waals surface area contributed by atoms with Crippen LogP contribution < -0.4 is 4.90 Å². The van der Waals surface area contributed by atoms with Crippen molar-refractivity contribution in [2.45, 2.75) is 50.2 Å². The maximum absolute atomic E-state index is 5.91. The van der Waals surface area contributed by atoms with E-state index in [0.717, 1.165) is 37.9 Å². The van der Waals surface area contributed by atoms with E-state index >= 15 is 0 Å². The van der Waals surface area contributed by atoms with Crippen molar-refractivity contribution in [3.8, 4) is 0 Å². The molecule has 3 aliphatic rings. The first kappa shape index (κ1) is 14.3. The highest BCUT2D eigenvalue weighted by Crippen LogP contribution is 2.43. The number of aromatic nitrogens is 5. The fraction of sp³-hybridized carbons (Fsp3) is 0.647. The van der Waals surface area contributed by atoms with E-state index in [1.807, 2.05) is 4.68 Å². The highest BCUT2D eigenvalue weighted by atomic mass is 16.5. The lowest BCUT2D eigenvalue weighted by Gasteiger charge is -2.34. The van der Waals surface area contributed by atoms with Gasteiger partial charge in [-0.1, -0.05) is 0 Å². The first-order valence-electron chi connectivity index (χ1n) is 8.93. The van der Waals surface area contributed by atoms with E-state index in [4.69, 9.17) is 14.7 Å². The number of hydrogen-bond donors (Lipinski definition) is 0. The predicted molar refractivity (Wildman–Crippen MR) is 88.0 cm³/mol. The SMILES string of the molecule is c1ncn(CC2CN(c3cc(C4CC4)nc(C4CC4)n3)CCO2)n1. The van der Waals surface area contributed by atoms with Crippen LogP contribution in [0.2, 0.25) is 0 Å². The molecule has 0 aromatic carbocycles. The molecule has 1 aliphatic heterocycles. The van der Waals surface area contributed by atoms with Crippen LogP contribution in [-0.2, 0) is 11.3 Å². The average molecular weight is 326 g/mol. The van der Waals surface area contributed by atoms with Gasteiger partial charge in [-0.3, -0.25) is 4.68 Å². The molecule has 2 aromatic rings. The van der Waals surface area contributed by atoms with Gasteiger partial charge in [0.25, 0.3) is 0 Å². The third kappa shape index (κ3) is 3.00. The second-order valence-electron chi connectivity index (χ2n) is 7.11. The topological polar surface area (TPSA) is 69.0 Å². The third-order valence-electron chi connectivity index (χ3n) is 5.01. The number of ether oxygens (including phenoxy) is 1. The lowest BCUT2D eigenvalue weighted by atomic mass is 10.2. The molecule has 3 fully saturated rings. The largest absolute Gasteiger partial charge is 0.373 e. The molecule has 24 heavy (non-hydrogen) atoms. The Morgan fingerprint density at radius 3 is 2.75 bits per heavy atom. The standard InChI is InChI=1S/C17H22N6O/c1-2-12(1)15-7-16(21-17(20-15)13-3-4-13)22-5-6-24-14(8-22)9-23-11-18-10-19-23/h7,10-14H,1-6,8-9H2. The molecule has 0 amide bonds. The summed E-state index contributed by atoms with van der Waals surface area (Å²) in [6, 6.07) is 2.21. The molecule has 1 atom stereocenters. The fourth-order valence-electron chi connectivity index (χ4n) is 3.32. The Hall–Kier alpha value is -2.02. The number of nitrogens with zero attached hydrogens (tertiary/aromatic N) is 6. The zero-order chi connectivity index (χ0) is 15.9. The van der Waals surface area contributed by atoms with Crippen LogP contribution in [0.25, 0.3) is 0 Å². The maximum Gasteiger partial charge on any atom is 0.137 e. The smallest absolute Gasteiger partial charge is 0.137 e. The molecule has 7 heteroatoms. The van der Waals surface area contributed by atoms with Crippen molar-refractivity contribution in [3.05, 3.63) is 30.2 Å². The molecular formula is C17H22N6O. The van der Waals surface area contributed by atoms with Crippen LogP contribution in [0.1, 0.15) is 49.0 Å². The van der Waals surface area contributed by atoms with E-state index in [2.05, 4.69) is 21.0 Å². The molecule has 1 saturated heterocycles. The monoisotopic (exact) mass is 326 g/mol. The van der Waals surface area contributed by atoms with Gasteiger partial charge in [-0.05, 0) is 25.7 Å². The Bertz CT molecular complexity index is 680. The zero-order valence-electron chi connectivity index (χ0n) is 13.7. The quantitative estimate of drug-likeness (QED) is 0.833. The summed E-state index contributed by atoms with van der Waals surface area (Å²) in [5.41, 5.74) is 1.25. The summed E-state index contributed by atoms with van der Waals surface area (Å²) in [4.78, 5) is 16.1. The summed E-state index contributed by atoms with van der Waals surface area (Å²) < 4.78 is 7.74. The second kappa shape index (κ2) is 5.81. The average Bonchev–Trinajstić information content (AvgIpc) is 3.53. The highest BCUT2D eigenvalue weighted by Gasteiger charge is 2.32. The van der Waals surface area contributed by atoms with E-state index in [1.165, 1.54) is 31.4 Å². The Labute approximate surface area is 141 Å². The van der Waals surface area contributed by atoms with Gasteiger partial charge < -0.3 is 9.64 Å². The third-order valence-corrected chi connectivity index (χ3v) is 5.01. The number of hydrogen-bond acceptors (Lipinski definition) is 6. The van der Waals surface area contributed by atoms with Gasteiger partial charge >= 0.3 is 0 Å². The molecule has 3 heterocycles. The van der Waals surface area contributed by atoms with Gasteiger partial charge in [0.2, 0.25) is 0 Å². The molecule has 0 radical (unpaired) electrons. The van der Waals surface area contributed by atoms with Gasteiger partial charge in [-0.15, -0.1) is 0 Å². The van der Waals surface area contributed by atoms with E-state index in [9.17, 15) is 0 Å². The Balaban J connectivity index is 1.36. The van der Waals surface area contributed by atoms with E-state index in [1.54, 1.807) is 12.7 Å². The minimum atomic E-state index is 0.115. The number of anilines is 1. The van der Waals surface area contributed by atoms with Crippen molar-refractivity contribution < 1.29 is 4.74 Å². The van der Waals surface area contributed by atoms with Gasteiger partial charge in [0.05, 0.1) is 19.3 Å². The van der Waals surface area contributed by atoms with Crippen LogP contribution in [0.3, 0.4) is 0 Å². The second-order valence-corrected chi connectivity index (χ2v) is 7.11. The molecule has 126 valence electrons. The van der Waals surface area contributed by atoms with Crippen molar-refractivity contribution in [1.82, 2.24) is 24.7 Å². The van der Waals surface area contributed by atoms with Crippen LogP contribution in [0, 0.1) is 0 Å². The molecule has 2 aromatic heterocycles. The summed E-state index contributed by atoms with van der Waals surface area (Å²) in [5, 5.41) is 4.18. The first-order valence-corrected chi connectivity index (χ1v) is 8.93. The molecule has 2 aliphatic carbocycles. The normalized spacial score (nSPS) is 24.3. The Morgan fingerprint density at radius 2 is 2.00 bits per heavy atom. The number of morpholine rings is 1. The molecular weight excluding hydrogens is 304 g/mol. The molecule has 5 rings (SSSR count). The van der Waals surface area contributed by atoms with Crippen molar-refractivity contribution in [2.24, 2.45) is 0 Å². The van der Waals surface area contributed by atoms with E-state index in [0.29, 0.717) is 11.8 Å². The maximum atomic E-state index is 5.91. The molecule has 2 saturated carbocycles. The first-order chi connectivity index (χ1) is 11.8. The van der Waals surface area contributed by atoms with Crippen LogP contribution >= 0.6 is 0 Å². The summed E-state index contributed by atoms with van der Waals surface area (Å²) >= 11 is 0. The molecule has 0 bridgehead atoms. The van der Waals surface area contributed by atoms with Gasteiger partial charge in [0.1, 0.15) is 24.3 Å². The van der Waals surface area contributed by atoms with Gasteiger partial charge in [-0.2, -0.15) is 5.10 Å². The summed E-state index contributed by atoms with van der Waals surface area (Å²) in [5.74, 6) is 3.40. The van der Waals surface area contributed by atoms with Crippen LogP contribution in [-0.4, -0.2) is 50.5 Å². The Kier molecular flexibility index (Phi) is 3.47. The lowest BCUT2D eigenvalue weighted by molar-refractivity contribution is 0.0271. The van der Waals surface area contributed by atoms with Crippen LogP contribution in [0.5, 0.6) is 0 Å².